The Morgan fingerprint density at radius 1 is 1.21 bits per heavy atom. The van der Waals surface area contributed by atoms with E-state index < -0.39 is 11.5 Å². The zero-order chi connectivity index (χ0) is 30.3. The maximum atomic E-state index is 15.0. The number of phenols is 1. The summed E-state index contributed by atoms with van der Waals surface area (Å²) < 4.78 is 16.4. The first-order valence-corrected chi connectivity index (χ1v) is 14.1. The van der Waals surface area contributed by atoms with Gasteiger partial charge < -0.3 is 14.9 Å². The largest absolute Gasteiger partial charge is 0.507 e. The van der Waals surface area contributed by atoms with Crippen molar-refractivity contribution in [2.75, 3.05) is 24.5 Å². The minimum absolute atomic E-state index is 0.0257. The first kappa shape index (κ1) is 29.1. The molecule has 1 aromatic carbocycles. The van der Waals surface area contributed by atoms with Gasteiger partial charge in [-0.2, -0.15) is 4.98 Å². The van der Waals surface area contributed by atoms with Crippen LogP contribution in [0, 0.1) is 19.7 Å². The third-order valence-electron chi connectivity index (χ3n) is 7.37. The predicted octanol–water partition coefficient (Wildman–Crippen LogP) is 4.53. The summed E-state index contributed by atoms with van der Waals surface area (Å²) in [5.74, 6) is -0.330. The molecule has 0 spiro atoms. The molecule has 0 saturated carbocycles. The lowest BCUT2D eigenvalue weighted by molar-refractivity contribution is -0.126. The van der Waals surface area contributed by atoms with Crippen LogP contribution in [-0.4, -0.2) is 66.1 Å². The summed E-state index contributed by atoms with van der Waals surface area (Å²) >= 11 is 6.72. The molecule has 1 saturated heterocycles. The van der Waals surface area contributed by atoms with Crippen LogP contribution >= 0.6 is 11.6 Å². The number of hydrogen-bond acceptors (Lipinski definition) is 8. The number of aromatic nitrogens is 5. The number of pyridine rings is 1. The molecule has 0 unspecified atom stereocenters. The summed E-state index contributed by atoms with van der Waals surface area (Å²) in [5, 5.41) is 11.1. The number of amides is 1. The average molecular weight is 592 g/mol. The summed E-state index contributed by atoms with van der Waals surface area (Å²) in [4.78, 5) is 48.3. The number of aromatic hydroxyl groups is 1. The van der Waals surface area contributed by atoms with Crippen LogP contribution in [0.5, 0.6) is 5.75 Å². The topological polar surface area (TPSA) is 117 Å². The van der Waals surface area contributed by atoms with Crippen molar-refractivity contribution in [1.82, 2.24) is 29.4 Å². The quantitative estimate of drug-likeness (QED) is 0.325. The Labute approximate surface area is 247 Å². The van der Waals surface area contributed by atoms with Gasteiger partial charge in [-0.1, -0.05) is 37.6 Å². The average Bonchev–Trinajstić information content (AvgIpc) is 2.93. The number of carbonyl (C=O) groups excluding carboxylic acids is 1. The highest BCUT2D eigenvalue weighted by Crippen LogP contribution is 2.39. The second-order valence-electron chi connectivity index (χ2n) is 10.3. The van der Waals surface area contributed by atoms with Gasteiger partial charge in [0.1, 0.15) is 23.2 Å². The van der Waals surface area contributed by atoms with Crippen LogP contribution in [0.2, 0.25) is 5.02 Å². The van der Waals surface area contributed by atoms with E-state index in [4.69, 9.17) is 16.6 Å². The molecule has 0 bridgehead atoms. The molecule has 0 radical (unpaired) electrons. The standard InChI is InChI=1S/C30H31ClFN7O3/c1-6-9-22-27(17(4)33-18(5)34-22)39-29-19(14-20(31)26(35-29)25-21(32)10-8-11-23(25)40)28(36-30(39)42)38-13-12-37(15-16(38)3)24(41)7-2/h7-8,10-11,14,16,40H,2,6,9,12-13,15H2,1,3-5H3/t16-/m0/s1. The number of rotatable bonds is 6. The molecule has 1 fully saturated rings. The van der Waals surface area contributed by atoms with E-state index >= 15 is 4.39 Å². The number of carbonyl (C=O) groups is 1. The zero-order valence-corrected chi connectivity index (χ0v) is 24.6. The van der Waals surface area contributed by atoms with Gasteiger partial charge in [0.2, 0.25) is 5.91 Å². The van der Waals surface area contributed by atoms with Crippen molar-refractivity contribution in [3.8, 4) is 22.7 Å². The van der Waals surface area contributed by atoms with Crippen LogP contribution in [0.15, 0.2) is 41.7 Å². The van der Waals surface area contributed by atoms with Crippen molar-refractivity contribution in [3.05, 3.63) is 75.5 Å². The van der Waals surface area contributed by atoms with E-state index in [1.54, 1.807) is 24.8 Å². The molecule has 12 heteroatoms. The maximum Gasteiger partial charge on any atom is 0.355 e. The fourth-order valence-electron chi connectivity index (χ4n) is 5.53. The number of piperazine rings is 1. The van der Waals surface area contributed by atoms with E-state index in [1.807, 2.05) is 18.7 Å². The molecule has 3 aromatic heterocycles. The van der Waals surface area contributed by atoms with Gasteiger partial charge in [-0.3, -0.25) is 4.79 Å². The van der Waals surface area contributed by atoms with Gasteiger partial charge in [0, 0.05) is 25.7 Å². The molecular formula is C30H31ClFN7O3. The molecule has 4 heterocycles. The van der Waals surface area contributed by atoms with Crippen molar-refractivity contribution in [1.29, 1.82) is 0 Å². The molecule has 1 aliphatic heterocycles. The summed E-state index contributed by atoms with van der Waals surface area (Å²) in [5.41, 5.74) is 0.986. The number of benzene rings is 1. The van der Waals surface area contributed by atoms with Crippen LogP contribution in [0.1, 0.15) is 37.5 Å². The van der Waals surface area contributed by atoms with E-state index in [1.165, 1.54) is 28.8 Å². The van der Waals surface area contributed by atoms with E-state index in [0.29, 0.717) is 60.2 Å². The second kappa shape index (κ2) is 11.5. The Morgan fingerprint density at radius 2 is 1.98 bits per heavy atom. The van der Waals surface area contributed by atoms with Gasteiger partial charge in [0.15, 0.2) is 5.65 Å². The first-order valence-electron chi connectivity index (χ1n) is 13.7. The van der Waals surface area contributed by atoms with Gasteiger partial charge in [0.25, 0.3) is 0 Å². The van der Waals surface area contributed by atoms with Crippen molar-refractivity contribution in [2.24, 2.45) is 0 Å². The van der Waals surface area contributed by atoms with Crippen LogP contribution in [0.3, 0.4) is 0 Å². The fourth-order valence-corrected chi connectivity index (χ4v) is 5.78. The van der Waals surface area contributed by atoms with Crippen LogP contribution in [0.25, 0.3) is 28.0 Å². The van der Waals surface area contributed by atoms with Gasteiger partial charge in [-0.25, -0.2) is 28.7 Å². The third kappa shape index (κ3) is 5.09. The summed E-state index contributed by atoms with van der Waals surface area (Å²) in [6.45, 7) is 12.3. The summed E-state index contributed by atoms with van der Waals surface area (Å²) in [7, 11) is 0. The Morgan fingerprint density at radius 3 is 2.64 bits per heavy atom. The summed E-state index contributed by atoms with van der Waals surface area (Å²) in [6.07, 6.45) is 2.61. The fraction of sp³-hybridized carbons (Fsp3) is 0.333. The van der Waals surface area contributed by atoms with E-state index in [0.717, 1.165) is 6.42 Å². The number of halogens is 2. The van der Waals surface area contributed by atoms with Crippen molar-refractivity contribution >= 4 is 34.4 Å². The van der Waals surface area contributed by atoms with Crippen LogP contribution in [0.4, 0.5) is 10.2 Å². The SMILES string of the molecule is C=CC(=O)N1CCN(c2nc(=O)n(-c3c(C)nc(C)nc3CCC)c3nc(-c4c(O)cccc4F)c(Cl)cc23)[C@@H](C)C1. The first-order chi connectivity index (χ1) is 20.0. The molecule has 1 aliphatic rings. The molecule has 42 heavy (non-hydrogen) atoms. The zero-order valence-electron chi connectivity index (χ0n) is 23.9. The lowest BCUT2D eigenvalue weighted by atomic mass is 10.1. The molecule has 1 atom stereocenters. The Kier molecular flexibility index (Phi) is 7.96. The highest BCUT2D eigenvalue weighted by molar-refractivity contribution is 6.34. The normalized spacial score (nSPS) is 15.3. The lowest BCUT2D eigenvalue weighted by Crippen LogP contribution is -2.54. The molecule has 10 nitrogen and oxygen atoms in total. The monoisotopic (exact) mass is 591 g/mol. The van der Waals surface area contributed by atoms with Gasteiger partial charge in [-0.05, 0) is 51.5 Å². The number of hydrogen-bond donors (Lipinski definition) is 1. The molecule has 1 amide bonds. The lowest BCUT2D eigenvalue weighted by Gasteiger charge is -2.40. The van der Waals surface area contributed by atoms with Gasteiger partial charge in [0.05, 0.1) is 38.7 Å². The molecule has 4 aromatic rings. The van der Waals surface area contributed by atoms with Crippen molar-refractivity contribution in [3.63, 3.8) is 0 Å². The highest BCUT2D eigenvalue weighted by atomic mass is 35.5. The Bertz CT molecular complexity index is 1770. The number of phenolic OH excluding ortho intramolecular Hbond substituents is 1. The molecular weight excluding hydrogens is 561 g/mol. The predicted molar refractivity (Wildman–Crippen MR) is 160 cm³/mol. The third-order valence-corrected chi connectivity index (χ3v) is 7.66. The maximum absolute atomic E-state index is 15.0. The number of nitrogens with zero attached hydrogens (tertiary/aromatic N) is 7. The Balaban J connectivity index is 1.83. The molecule has 218 valence electrons. The van der Waals surface area contributed by atoms with Gasteiger partial charge >= 0.3 is 5.69 Å². The van der Waals surface area contributed by atoms with E-state index in [2.05, 4.69) is 21.5 Å². The smallest absolute Gasteiger partial charge is 0.355 e. The van der Waals surface area contributed by atoms with Crippen LogP contribution < -0.4 is 10.6 Å². The van der Waals surface area contributed by atoms with Crippen LogP contribution in [-0.2, 0) is 11.2 Å². The van der Waals surface area contributed by atoms with E-state index in [9.17, 15) is 14.7 Å². The second-order valence-corrected chi connectivity index (χ2v) is 10.7. The minimum Gasteiger partial charge on any atom is -0.507 e. The molecule has 5 rings (SSSR count). The Hall–Kier alpha value is -4.38. The number of anilines is 1. The number of aryl methyl sites for hydroxylation is 3. The van der Waals surface area contributed by atoms with Gasteiger partial charge in [-0.15, -0.1) is 0 Å². The minimum atomic E-state index is -0.718. The van der Waals surface area contributed by atoms with Crippen molar-refractivity contribution < 1.29 is 14.3 Å². The van der Waals surface area contributed by atoms with Crippen molar-refractivity contribution in [2.45, 2.75) is 46.6 Å². The highest BCUT2D eigenvalue weighted by Gasteiger charge is 2.31. The van der Waals surface area contributed by atoms with E-state index in [-0.39, 0.29) is 39.6 Å². The number of fused-ring (bicyclic) bond motifs is 1. The molecule has 0 aliphatic carbocycles. The summed E-state index contributed by atoms with van der Waals surface area (Å²) in [6, 6.07) is 5.30. The molecule has 1 N–H and O–H groups in total.